The number of methoxy groups -OCH3 is 1. The first kappa shape index (κ1) is 20.1. The lowest BCUT2D eigenvalue weighted by Gasteiger charge is -2.11. The first-order chi connectivity index (χ1) is 14.6. The van der Waals surface area contributed by atoms with Crippen LogP contribution < -0.4 is 0 Å². The summed E-state index contributed by atoms with van der Waals surface area (Å²) in [6.45, 7) is 2.78. The molecule has 0 aliphatic rings. The lowest BCUT2D eigenvalue weighted by atomic mass is 9.98. The molecule has 2 aromatic heterocycles. The Morgan fingerprint density at radius 3 is 2.60 bits per heavy atom. The second-order valence-corrected chi connectivity index (χ2v) is 7.47. The van der Waals surface area contributed by atoms with E-state index in [4.69, 9.17) is 21.3 Å². The Bertz CT molecular complexity index is 1200. The largest absolute Gasteiger partial charge is 0.465 e. The van der Waals surface area contributed by atoms with Crippen LogP contribution in [0.25, 0.3) is 22.3 Å². The zero-order valence-corrected chi connectivity index (χ0v) is 17.7. The first-order valence-electron chi connectivity index (χ1n) is 9.88. The highest BCUT2D eigenvalue weighted by molar-refractivity contribution is 6.34. The lowest BCUT2D eigenvalue weighted by molar-refractivity contribution is 0.0601. The van der Waals surface area contributed by atoms with Crippen LogP contribution in [-0.2, 0) is 17.7 Å². The fourth-order valence-corrected chi connectivity index (χ4v) is 3.79. The summed E-state index contributed by atoms with van der Waals surface area (Å²) in [6.07, 6.45) is 3.56. The zero-order chi connectivity index (χ0) is 21.1. The number of carbonyl (C=O) groups excluding carboxylic acids is 1. The van der Waals surface area contributed by atoms with Gasteiger partial charge < -0.3 is 9.30 Å². The summed E-state index contributed by atoms with van der Waals surface area (Å²) in [5.74, 6) is 0.639. The summed E-state index contributed by atoms with van der Waals surface area (Å²) in [6, 6.07) is 17.4. The topological polar surface area (TPSA) is 57.0 Å². The molecule has 0 saturated carbocycles. The van der Waals surface area contributed by atoms with E-state index in [0.29, 0.717) is 17.1 Å². The van der Waals surface area contributed by atoms with Crippen LogP contribution in [0.15, 0.2) is 60.8 Å². The van der Waals surface area contributed by atoms with Crippen molar-refractivity contribution in [2.45, 2.75) is 26.3 Å². The van der Waals surface area contributed by atoms with Crippen molar-refractivity contribution in [1.82, 2.24) is 14.5 Å². The molecule has 4 rings (SSSR count). The summed E-state index contributed by atoms with van der Waals surface area (Å²) in [5, 5.41) is 0.617. The minimum Gasteiger partial charge on any atom is -0.465 e. The number of hydrogen-bond donors (Lipinski definition) is 0. The maximum absolute atomic E-state index is 12.1. The maximum Gasteiger partial charge on any atom is 0.338 e. The summed E-state index contributed by atoms with van der Waals surface area (Å²) < 4.78 is 7.04. The van der Waals surface area contributed by atoms with E-state index in [1.165, 1.54) is 7.11 Å². The Labute approximate surface area is 180 Å². The van der Waals surface area contributed by atoms with Gasteiger partial charge in [-0.15, -0.1) is 0 Å². The highest BCUT2D eigenvalue weighted by Crippen LogP contribution is 2.27. The van der Waals surface area contributed by atoms with Crippen LogP contribution in [-0.4, -0.2) is 27.6 Å². The molecular formula is C24H22ClN3O2. The molecule has 0 radical (unpaired) electrons. The molecule has 0 atom stereocenters. The molecule has 0 N–H and O–H groups in total. The van der Waals surface area contributed by atoms with Gasteiger partial charge in [0.15, 0.2) is 5.65 Å². The smallest absolute Gasteiger partial charge is 0.338 e. The molecule has 0 bridgehead atoms. The van der Waals surface area contributed by atoms with Gasteiger partial charge in [0.25, 0.3) is 0 Å². The molecule has 0 aliphatic carbocycles. The average Bonchev–Trinajstić information content (AvgIpc) is 3.12. The summed E-state index contributed by atoms with van der Waals surface area (Å²) in [7, 11) is 1.39. The number of imidazole rings is 1. The molecule has 0 spiro atoms. The van der Waals surface area contributed by atoms with Crippen molar-refractivity contribution in [2.24, 2.45) is 0 Å². The molecule has 0 saturated heterocycles. The molecule has 0 aliphatic heterocycles. The first-order valence-corrected chi connectivity index (χ1v) is 10.3. The number of rotatable bonds is 6. The predicted molar refractivity (Wildman–Crippen MR) is 119 cm³/mol. The number of fused-ring (bicyclic) bond motifs is 1. The Balaban J connectivity index is 1.68. The number of benzene rings is 2. The molecule has 152 valence electrons. The van der Waals surface area contributed by atoms with Crippen molar-refractivity contribution < 1.29 is 9.53 Å². The van der Waals surface area contributed by atoms with E-state index in [1.54, 1.807) is 18.3 Å². The Kier molecular flexibility index (Phi) is 5.81. The van der Waals surface area contributed by atoms with Crippen molar-refractivity contribution in [3.05, 3.63) is 82.8 Å². The lowest BCUT2D eigenvalue weighted by Crippen LogP contribution is -2.06. The number of pyridine rings is 1. The van der Waals surface area contributed by atoms with Crippen LogP contribution in [0.4, 0.5) is 0 Å². The third-order valence-corrected chi connectivity index (χ3v) is 5.38. The highest BCUT2D eigenvalue weighted by atomic mass is 35.5. The molecular weight excluding hydrogens is 398 g/mol. The molecule has 4 aromatic rings. The van der Waals surface area contributed by atoms with Crippen molar-refractivity contribution in [1.29, 1.82) is 0 Å². The fourth-order valence-electron chi connectivity index (χ4n) is 3.61. The Hall–Kier alpha value is -3.18. The van der Waals surface area contributed by atoms with Gasteiger partial charge in [0, 0.05) is 12.6 Å². The van der Waals surface area contributed by atoms with Gasteiger partial charge in [0.2, 0.25) is 0 Å². The predicted octanol–water partition coefficient (Wildman–Crippen LogP) is 5.54. The molecule has 0 amide bonds. The van der Waals surface area contributed by atoms with Crippen molar-refractivity contribution in [2.75, 3.05) is 7.11 Å². The molecule has 0 fully saturated rings. The van der Waals surface area contributed by atoms with Gasteiger partial charge in [0.1, 0.15) is 11.3 Å². The zero-order valence-electron chi connectivity index (χ0n) is 16.9. The van der Waals surface area contributed by atoms with Crippen molar-refractivity contribution in [3.8, 4) is 11.1 Å². The van der Waals surface area contributed by atoms with E-state index in [0.717, 1.165) is 46.5 Å². The number of aromatic nitrogens is 3. The second kappa shape index (κ2) is 8.67. The van der Waals surface area contributed by atoms with Gasteiger partial charge in [-0.25, -0.2) is 14.8 Å². The quantitative estimate of drug-likeness (QED) is 0.385. The van der Waals surface area contributed by atoms with Crippen LogP contribution >= 0.6 is 11.6 Å². The molecule has 5 nitrogen and oxygen atoms in total. The number of carbonyl (C=O) groups is 1. The SMILES string of the molecule is CCCc1nc2c(Cl)ccnc2n1Cc1ccc(-c2ccccc2C(=O)OC)cc1. The molecule has 2 aromatic carbocycles. The van der Waals surface area contributed by atoms with E-state index in [-0.39, 0.29) is 5.97 Å². The minimum atomic E-state index is -0.341. The van der Waals surface area contributed by atoms with Crippen molar-refractivity contribution in [3.63, 3.8) is 0 Å². The van der Waals surface area contributed by atoms with Gasteiger partial charge in [-0.2, -0.15) is 0 Å². The molecule has 6 heteroatoms. The van der Waals surface area contributed by atoms with Crippen LogP contribution in [0.1, 0.15) is 35.1 Å². The maximum atomic E-state index is 12.1. The minimum absolute atomic E-state index is 0.341. The van der Waals surface area contributed by atoms with E-state index in [2.05, 4.69) is 28.6 Å². The third kappa shape index (κ3) is 3.81. The Morgan fingerprint density at radius 1 is 1.10 bits per heavy atom. The molecule has 30 heavy (non-hydrogen) atoms. The van der Waals surface area contributed by atoms with Gasteiger partial charge in [-0.3, -0.25) is 0 Å². The Morgan fingerprint density at radius 2 is 1.87 bits per heavy atom. The van der Waals surface area contributed by atoms with E-state index in [9.17, 15) is 4.79 Å². The molecule has 0 unspecified atom stereocenters. The third-order valence-electron chi connectivity index (χ3n) is 5.08. The number of ether oxygens (including phenoxy) is 1. The summed E-state index contributed by atoms with van der Waals surface area (Å²) >= 11 is 6.33. The van der Waals surface area contributed by atoms with Crippen LogP contribution in [0.2, 0.25) is 5.02 Å². The van der Waals surface area contributed by atoms with Crippen LogP contribution in [0.5, 0.6) is 0 Å². The summed E-state index contributed by atoms with van der Waals surface area (Å²) in [4.78, 5) is 21.3. The van der Waals surface area contributed by atoms with Gasteiger partial charge in [-0.1, -0.05) is 61.0 Å². The van der Waals surface area contributed by atoms with Gasteiger partial charge in [0.05, 0.1) is 24.2 Å². The van der Waals surface area contributed by atoms with E-state index < -0.39 is 0 Å². The number of nitrogens with zero attached hydrogens (tertiary/aromatic N) is 3. The number of esters is 1. The molecule has 2 heterocycles. The van der Waals surface area contributed by atoms with Crippen molar-refractivity contribution >= 4 is 28.7 Å². The van der Waals surface area contributed by atoms with E-state index in [1.807, 2.05) is 30.3 Å². The standard InChI is InChI=1S/C24H22ClN3O2/c1-3-6-21-27-22-20(25)13-14-26-23(22)28(21)15-16-9-11-17(12-10-16)18-7-4-5-8-19(18)24(29)30-2/h4-5,7-14H,3,6,15H2,1-2H3. The van der Waals surface area contributed by atoms with E-state index >= 15 is 0 Å². The number of halogens is 1. The second-order valence-electron chi connectivity index (χ2n) is 7.06. The normalized spacial score (nSPS) is 11.0. The number of hydrogen-bond acceptors (Lipinski definition) is 4. The van der Waals surface area contributed by atoms with Crippen LogP contribution in [0.3, 0.4) is 0 Å². The average molecular weight is 420 g/mol. The van der Waals surface area contributed by atoms with Crippen LogP contribution in [0, 0.1) is 0 Å². The summed E-state index contributed by atoms with van der Waals surface area (Å²) in [5.41, 5.74) is 5.02. The van der Waals surface area contributed by atoms with Gasteiger partial charge >= 0.3 is 5.97 Å². The highest BCUT2D eigenvalue weighted by Gasteiger charge is 2.15. The fraction of sp³-hybridized carbons (Fsp3) is 0.208. The monoisotopic (exact) mass is 419 g/mol. The number of aryl methyl sites for hydroxylation is 1. The van der Waals surface area contributed by atoms with Gasteiger partial charge in [-0.05, 0) is 35.2 Å².